The van der Waals surface area contributed by atoms with Crippen LogP contribution in [0.25, 0.3) is 0 Å². The lowest BCUT2D eigenvalue weighted by molar-refractivity contribution is 0.463. The second kappa shape index (κ2) is 5.19. The molecule has 0 spiro atoms. The molecule has 0 aromatic carbocycles. The standard InChI is InChI=1S/C9H13FN2S/c1-2-5-12(13)7-9-4-3-8(10)6-11-9/h3-4,6,13H,2,5,7H2,1H3. The molecule has 0 fully saturated rings. The molecular weight excluding hydrogens is 187 g/mol. The van der Waals surface area contributed by atoms with Crippen LogP contribution in [0, 0.1) is 5.82 Å². The minimum Gasteiger partial charge on any atom is -0.257 e. The van der Waals surface area contributed by atoms with Crippen molar-refractivity contribution in [2.45, 2.75) is 19.9 Å². The number of thiol groups is 1. The molecule has 0 aliphatic carbocycles. The van der Waals surface area contributed by atoms with Crippen LogP contribution in [0.4, 0.5) is 4.39 Å². The van der Waals surface area contributed by atoms with Crippen molar-refractivity contribution in [3.63, 3.8) is 0 Å². The van der Waals surface area contributed by atoms with Crippen LogP contribution in [0.15, 0.2) is 18.3 Å². The van der Waals surface area contributed by atoms with E-state index in [9.17, 15) is 4.39 Å². The van der Waals surface area contributed by atoms with Gasteiger partial charge in [-0.25, -0.2) is 8.70 Å². The fraction of sp³-hybridized carbons (Fsp3) is 0.444. The molecule has 1 aromatic heterocycles. The summed E-state index contributed by atoms with van der Waals surface area (Å²) in [5.74, 6) is -0.301. The first-order chi connectivity index (χ1) is 6.22. The van der Waals surface area contributed by atoms with Crippen LogP contribution in [0.3, 0.4) is 0 Å². The van der Waals surface area contributed by atoms with Gasteiger partial charge < -0.3 is 0 Å². The summed E-state index contributed by atoms with van der Waals surface area (Å²) in [6.07, 6.45) is 2.27. The van der Waals surface area contributed by atoms with Gasteiger partial charge in [0.1, 0.15) is 5.82 Å². The lowest BCUT2D eigenvalue weighted by atomic mass is 10.3. The van der Waals surface area contributed by atoms with Crippen molar-refractivity contribution in [3.8, 4) is 0 Å². The van der Waals surface area contributed by atoms with E-state index in [1.165, 1.54) is 12.3 Å². The molecule has 0 radical (unpaired) electrons. The van der Waals surface area contributed by atoms with Crippen LogP contribution in [-0.4, -0.2) is 15.8 Å². The van der Waals surface area contributed by atoms with Gasteiger partial charge in [0.25, 0.3) is 0 Å². The Hall–Kier alpha value is -0.610. The Morgan fingerprint density at radius 1 is 1.54 bits per heavy atom. The Morgan fingerprint density at radius 3 is 2.85 bits per heavy atom. The van der Waals surface area contributed by atoms with Crippen molar-refractivity contribution in [3.05, 3.63) is 29.8 Å². The third-order valence-corrected chi connectivity index (χ3v) is 1.96. The molecule has 1 aromatic rings. The van der Waals surface area contributed by atoms with Gasteiger partial charge in [-0.1, -0.05) is 19.7 Å². The van der Waals surface area contributed by atoms with Crippen molar-refractivity contribution in [2.24, 2.45) is 0 Å². The van der Waals surface area contributed by atoms with Crippen LogP contribution in [0.1, 0.15) is 19.0 Å². The summed E-state index contributed by atoms with van der Waals surface area (Å²) in [7, 11) is 0. The minimum absolute atomic E-state index is 0.301. The second-order valence-corrected chi connectivity index (χ2v) is 3.42. The van der Waals surface area contributed by atoms with E-state index < -0.39 is 0 Å². The smallest absolute Gasteiger partial charge is 0.141 e. The largest absolute Gasteiger partial charge is 0.257 e. The molecule has 0 atom stereocenters. The highest BCUT2D eigenvalue weighted by atomic mass is 32.1. The number of nitrogens with zero attached hydrogens (tertiary/aromatic N) is 2. The SMILES string of the molecule is CCCN(S)Cc1ccc(F)cn1. The van der Waals surface area contributed by atoms with Crippen molar-refractivity contribution >= 4 is 12.8 Å². The zero-order valence-electron chi connectivity index (χ0n) is 7.57. The van der Waals surface area contributed by atoms with Crippen LogP contribution >= 0.6 is 12.8 Å². The Labute approximate surface area is 83.3 Å². The maximum Gasteiger partial charge on any atom is 0.141 e. The molecule has 1 rings (SSSR count). The van der Waals surface area contributed by atoms with Crippen LogP contribution in [-0.2, 0) is 6.54 Å². The van der Waals surface area contributed by atoms with Crippen LogP contribution in [0.5, 0.6) is 0 Å². The molecule has 0 aliphatic heterocycles. The quantitative estimate of drug-likeness (QED) is 0.750. The van der Waals surface area contributed by atoms with Crippen molar-refractivity contribution in [1.29, 1.82) is 0 Å². The second-order valence-electron chi connectivity index (χ2n) is 2.86. The van der Waals surface area contributed by atoms with Crippen LogP contribution in [0.2, 0.25) is 0 Å². The van der Waals surface area contributed by atoms with Crippen molar-refractivity contribution in [1.82, 2.24) is 9.29 Å². The van der Waals surface area contributed by atoms with Crippen LogP contribution < -0.4 is 0 Å². The average Bonchev–Trinajstić information content (AvgIpc) is 2.09. The molecule has 0 saturated carbocycles. The highest BCUT2D eigenvalue weighted by Gasteiger charge is 2.00. The molecule has 1 heterocycles. The van der Waals surface area contributed by atoms with E-state index in [1.807, 2.05) is 4.31 Å². The molecule has 72 valence electrons. The van der Waals surface area contributed by atoms with E-state index in [-0.39, 0.29) is 5.82 Å². The normalized spacial score (nSPS) is 10.8. The molecule has 0 aliphatic rings. The summed E-state index contributed by atoms with van der Waals surface area (Å²) < 4.78 is 14.3. The van der Waals surface area contributed by atoms with Gasteiger partial charge in [0, 0.05) is 6.54 Å². The minimum atomic E-state index is -0.301. The molecule has 13 heavy (non-hydrogen) atoms. The molecule has 4 heteroatoms. The van der Waals surface area contributed by atoms with Crippen molar-refractivity contribution < 1.29 is 4.39 Å². The Balaban J connectivity index is 2.49. The summed E-state index contributed by atoms with van der Waals surface area (Å²) in [5.41, 5.74) is 0.838. The number of hydrogen-bond acceptors (Lipinski definition) is 3. The highest BCUT2D eigenvalue weighted by molar-refractivity contribution is 7.77. The summed E-state index contributed by atoms with van der Waals surface area (Å²) >= 11 is 4.25. The van der Waals surface area contributed by atoms with Gasteiger partial charge in [-0.05, 0) is 18.6 Å². The molecule has 0 saturated heterocycles. The maximum atomic E-state index is 12.5. The number of rotatable bonds is 4. The van der Waals surface area contributed by atoms with E-state index in [0.717, 1.165) is 18.7 Å². The lowest BCUT2D eigenvalue weighted by Gasteiger charge is -2.12. The van der Waals surface area contributed by atoms with Gasteiger partial charge in [-0.2, -0.15) is 0 Å². The first kappa shape index (κ1) is 10.5. The van der Waals surface area contributed by atoms with Gasteiger partial charge >= 0.3 is 0 Å². The molecule has 0 unspecified atom stereocenters. The fourth-order valence-electron chi connectivity index (χ4n) is 1.02. The van der Waals surface area contributed by atoms with Gasteiger partial charge in [-0.3, -0.25) is 4.98 Å². The summed E-state index contributed by atoms with van der Waals surface area (Å²) in [5, 5.41) is 0. The van der Waals surface area contributed by atoms with Gasteiger partial charge in [-0.15, -0.1) is 0 Å². The van der Waals surface area contributed by atoms with Gasteiger partial charge in [0.05, 0.1) is 18.4 Å². The van der Waals surface area contributed by atoms with E-state index in [1.54, 1.807) is 6.07 Å². The first-order valence-corrected chi connectivity index (χ1v) is 4.66. The number of hydrogen-bond donors (Lipinski definition) is 1. The topological polar surface area (TPSA) is 16.1 Å². The number of halogens is 1. The third kappa shape index (κ3) is 3.74. The molecule has 0 amide bonds. The molecule has 0 N–H and O–H groups in total. The zero-order valence-corrected chi connectivity index (χ0v) is 8.47. The van der Waals surface area contributed by atoms with E-state index >= 15 is 0 Å². The number of pyridine rings is 1. The Morgan fingerprint density at radius 2 is 2.31 bits per heavy atom. The highest BCUT2D eigenvalue weighted by Crippen LogP contribution is 2.05. The predicted octanol–water partition coefficient (Wildman–Crippen LogP) is 2.28. The van der Waals surface area contributed by atoms with Crippen molar-refractivity contribution in [2.75, 3.05) is 6.54 Å². The fourth-order valence-corrected chi connectivity index (χ4v) is 1.37. The summed E-state index contributed by atoms with van der Waals surface area (Å²) in [6, 6.07) is 3.09. The monoisotopic (exact) mass is 200 g/mol. The first-order valence-electron chi connectivity index (χ1n) is 4.26. The van der Waals surface area contributed by atoms with E-state index in [4.69, 9.17) is 0 Å². The summed E-state index contributed by atoms with van der Waals surface area (Å²) in [6.45, 7) is 3.64. The molecular formula is C9H13FN2S. The molecule has 2 nitrogen and oxygen atoms in total. The van der Waals surface area contributed by atoms with E-state index in [0.29, 0.717) is 6.54 Å². The molecule has 0 bridgehead atoms. The number of aromatic nitrogens is 1. The zero-order chi connectivity index (χ0) is 9.68. The van der Waals surface area contributed by atoms with E-state index in [2.05, 4.69) is 24.7 Å². The third-order valence-electron chi connectivity index (χ3n) is 1.61. The van der Waals surface area contributed by atoms with Gasteiger partial charge in [0.2, 0.25) is 0 Å². The Kier molecular flexibility index (Phi) is 4.18. The van der Waals surface area contributed by atoms with Gasteiger partial charge in [0.15, 0.2) is 0 Å². The average molecular weight is 200 g/mol. The predicted molar refractivity (Wildman–Crippen MR) is 53.9 cm³/mol. The Bertz CT molecular complexity index is 250. The summed E-state index contributed by atoms with van der Waals surface area (Å²) in [4.78, 5) is 3.93. The maximum absolute atomic E-state index is 12.5. The lowest BCUT2D eigenvalue weighted by Crippen LogP contribution is -2.13.